The van der Waals surface area contributed by atoms with E-state index in [9.17, 15) is 14.7 Å². The highest BCUT2D eigenvalue weighted by atomic mass is 35.5. The van der Waals surface area contributed by atoms with Crippen LogP contribution in [0.5, 0.6) is 0 Å². The van der Waals surface area contributed by atoms with E-state index in [0.717, 1.165) is 29.5 Å². The van der Waals surface area contributed by atoms with E-state index in [2.05, 4.69) is 20.8 Å². The minimum Gasteiger partial charge on any atom is -0.507 e. The Hall–Kier alpha value is -2.59. The standard InChI is InChI=1S/C26H30ClNO3/c1-6-7-14-28-22(17-9-12-19(27)13-10-17)21(24(30)25(28)31)23(29)20-15-18(26(3,4)5)11-8-16(20)2/h8-13,15,22,29H,6-7,14H2,1-5H3/b23-21+. The van der Waals surface area contributed by atoms with Crippen molar-refractivity contribution in [1.29, 1.82) is 0 Å². The van der Waals surface area contributed by atoms with E-state index in [1.54, 1.807) is 17.0 Å². The third kappa shape index (κ3) is 4.54. The van der Waals surface area contributed by atoms with Gasteiger partial charge in [0.05, 0.1) is 11.6 Å². The van der Waals surface area contributed by atoms with Gasteiger partial charge in [-0.3, -0.25) is 9.59 Å². The summed E-state index contributed by atoms with van der Waals surface area (Å²) in [5.41, 5.74) is 3.25. The molecule has 0 aliphatic carbocycles. The number of hydrogen-bond acceptors (Lipinski definition) is 3. The summed E-state index contributed by atoms with van der Waals surface area (Å²) >= 11 is 6.06. The summed E-state index contributed by atoms with van der Waals surface area (Å²) in [5.74, 6) is -1.34. The summed E-state index contributed by atoms with van der Waals surface area (Å²) in [4.78, 5) is 27.6. The second-order valence-electron chi connectivity index (χ2n) is 9.18. The topological polar surface area (TPSA) is 57.6 Å². The molecule has 0 radical (unpaired) electrons. The van der Waals surface area contributed by atoms with Gasteiger partial charge in [-0.25, -0.2) is 0 Å². The summed E-state index contributed by atoms with van der Waals surface area (Å²) in [5, 5.41) is 11.9. The van der Waals surface area contributed by atoms with Crippen molar-refractivity contribution in [3.63, 3.8) is 0 Å². The number of likely N-dealkylation sites (tertiary alicyclic amines) is 1. The minimum atomic E-state index is -0.644. The molecule has 1 unspecified atom stereocenters. The van der Waals surface area contributed by atoms with Crippen LogP contribution >= 0.6 is 11.6 Å². The number of halogens is 1. The average Bonchev–Trinajstić information content (AvgIpc) is 2.96. The highest BCUT2D eigenvalue weighted by Crippen LogP contribution is 2.40. The molecule has 2 aromatic rings. The molecule has 1 aliphatic rings. The summed E-state index contributed by atoms with van der Waals surface area (Å²) in [6, 6.07) is 12.4. The fourth-order valence-electron chi connectivity index (χ4n) is 3.92. The molecule has 1 fully saturated rings. The van der Waals surface area contributed by atoms with E-state index in [1.165, 1.54) is 0 Å². The number of Topliss-reactive ketones (excluding diaryl/α,β-unsaturated/α-hetero) is 1. The molecule has 1 atom stereocenters. The molecule has 0 saturated carbocycles. The van der Waals surface area contributed by atoms with Crippen molar-refractivity contribution in [3.05, 3.63) is 75.3 Å². The molecule has 5 heteroatoms. The summed E-state index contributed by atoms with van der Waals surface area (Å²) in [6.07, 6.45) is 1.67. The third-order valence-corrected chi connectivity index (χ3v) is 6.09. The number of unbranched alkanes of at least 4 members (excludes halogenated alkanes) is 1. The number of nitrogens with zero attached hydrogens (tertiary/aromatic N) is 1. The second kappa shape index (κ2) is 8.88. The van der Waals surface area contributed by atoms with Gasteiger partial charge < -0.3 is 10.0 Å². The predicted octanol–water partition coefficient (Wildman–Crippen LogP) is 6.17. The van der Waals surface area contributed by atoms with Gasteiger partial charge in [-0.15, -0.1) is 0 Å². The number of ketones is 1. The van der Waals surface area contributed by atoms with Crippen LogP contribution in [-0.4, -0.2) is 28.2 Å². The zero-order valence-electron chi connectivity index (χ0n) is 18.8. The molecular formula is C26H30ClNO3. The number of aliphatic hydroxyl groups excluding tert-OH is 1. The van der Waals surface area contributed by atoms with Crippen molar-refractivity contribution in [2.45, 2.75) is 58.9 Å². The molecule has 0 spiro atoms. The Morgan fingerprint density at radius 1 is 1.10 bits per heavy atom. The second-order valence-corrected chi connectivity index (χ2v) is 9.61. The largest absolute Gasteiger partial charge is 0.507 e. The van der Waals surface area contributed by atoms with Crippen LogP contribution in [0.2, 0.25) is 5.02 Å². The zero-order chi connectivity index (χ0) is 22.9. The maximum atomic E-state index is 13.1. The lowest BCUT2D eigenvalue weighted by atomic mass is 9.84. The number of carbonyl (C=O) groups excluding carboxylic acids is 2. The molecule has 31 heavy (non-hydrogen) atoms. The maximum Gasteiger partial charge on any atom is 0.295 e. The molecular weight excluding hydrogens is 410 g/mol. The Labute approximate surface area is 189 Å². The van der Waals surface area contributed by atoms with Crippen LogP contribution in [0.15, 0.2) is 48.0 Å². The molecule has 2 aromatic carbocycles. The Bertz CT molecular complexity index is 1030. The van der Waals surface area contributed by atoms with E-state index in [1.807, 2.05) is 44.2 Å². The zero-order valence-corrected chi connectivity index (χ0v) is 19.6. The number of amides is 1. The van der Waals surface area contributed by atoms with Gasteiger partial charge in [-0.05, 0) is 53.6 Å². The highest BCUT2D eigenvalue weighted by Gasteiger charge is 2.45. The molecule has 3 rings (SSSR count). The van der Waals surface area contributed by atoms with E-state index in [-0.39, 0.29) is 16.7 Å². The van der Waals surface area contributed by atoms with Crippen LogP contribution < -0.4 is 0 Å². The average molecular weight is 440 g/mol. The van der Waals surface area contributed by atoms with Gasteiger partial charge in [0.15, 0.2) is 0 Å². The van der Waals surface area contributed by atoms with Gasteiger partial charge in [0, 0.05) is 17.1 Å². The van der Waals surface area contributed by atoms with Crippen molar-refractivity contribution in [3.8, 4) is 0 Å². The van der Waals surface area contributed by atoms with Gasteiger partial charge in [0.1, 0.15) is 5.76 Å². The number of aliphatic hydroxyl groups is 1. The summed E-state index contributed by atoms with van der Waals surface area (Å²) in [6.45, 7) is 10.7. The number of aryl methyl sites for hydroxylation is 1. The van der Waals surface area contributed by atoms with Crippen LogP contribution in [0.4, 0.5) is 0 Å². The Balaban J connectivity index is 2.22. The van der Waals surface area contributed by atoms with Crippen LogP contribution in [0.25, 0.3) is 5.76 Å². The number of hydrogen-bond donors (Lipinski definition) is 1. The van der Waals surface area contributed by atoms with Gasteiger partial charge in [0.2, 0.25) is 0 Å². The first-order chi connectivity index (χ1) is 14.6. The number of carbonyl (C=O) groups is 2. The van der Waals surface area contributed by atoms with Crippen LogP contribution in [0.1, 0.15) is 68.8 Å². The highest BCUT2D eigenvalue weighted by molar-refractivity contribution is 6.46. The fraction of sp³-hybridized carbons (Fsp3) is 0.385. The van der Waals surface area contributed by atoms with E-state index >= 15 is 0 Å². The molecule has 1 saturated heterocycles. The molecule has 1 N–H and O–H groups in total. The van der Waals surface area contributed by atoms with Crippen molar-refractivity contribution in [2.75, 3.05) is 6.54 Å². The van der Waals surface area contributed by atoms with Crippen molar-refractivity contribution in [1.82, 2.24) is 4.90 Å². The molecule has 1 aliphatic heterocycles. The predicted molar refractivity (Wildman–Crippen MR) is 125 cm³/mol. The Morgan fingerprint density at radius 2 is 1.74 bits per heavy atom. The van der Waals surface area contributed by atoms with Gasteiger partial charge in [0.25, 0.3) is 11.7 Å². The van der Waals surface area contributed by atoms with Gasteiger partial charge in [-0.2, -0.15) is 0 Å². The SMILES string of the molecule is CCCCN1C(=O)C(=O)/C(=C(/O)c2cc(C(C)(C)C)ccc2C)C1c1ccc(Cl)cc1. The first kappa shape index (κ1) is 23.1. The Kier molecular flexibility index (Phi) is 6.61. The first-order valence-corrected chi connectivity index (χ1v) is 11.1. The van der Waals surface area contributed by atoms with Crippen LogP contribution in [0, 0.1) is 6.92 Å². The van der Waals surface area contributed by atoms with Crippen molar-refractivity contribution >= 4 is 29.1 Å². The fourth-order valence-corrected chi connectivity index (χ4v) is 4.05. The Morgan fingerprint density at radius 3 is 2.32 bits per heavy atom. The molecule has 0 aromatic heterocycles. The molecule has 1 heterocycles. The van der Waals surface area contributed by atoms with E-state index in [0.29, 0.717) is 17.1 Å². The molecule has 4 nitrogen and oxygen atoms in total. The van der Waals surface area contributed by atoms with Crippen molar-refractivity contribution in [2.24, 2.45) is 0 Å². The quantitative estimate of drug-likeness (QED) is 0.344. The first-order valence-electron chi connectivity index (χ1n) is 10.7. The van der Waals surface area contributed by atoms with Gasteiger partial charge in [-0.1, -0.05) is 70.0 Å². The van der Waals surface area contributed by atoms with E-state index < -0.39 is 17.7 Å². The molecule has 164 valence electrons. The monoisotopic (exact) mass is 439 g/mol. The summed E-state index contributed by atoms with van der Waals surface area (Å²) < 4.78 is 0. The smallest absolute Gasteiger partial charge is 0.295 e. The maximum absolute atomic E-state index is 13.1. The van der Waals surface area contributed by atoms with Crippen LogP contribution in [-0.2, 0) is 15.0 Å². The van der Waals surface area contributed by atoms with E-state index in [4.69, 9.17) is 11.6 Å². The number of benzene rings is 2. The lowest BCUT2D eigenvalue weighted by Crippen LogP contribution is -2.30. The normalized spacial score (nSPS) is 18.6. The summed E-state index contributed by atoms with van der Waals surface area (Å²) in [7, 11) is 0. The van der Waals surface area contributed by atoms with Crippen LogP contribution in [0.3, 0.4) is 0 Å². The lowest BCUT2D eigenvalue weighted by Gasteiger charge is -2.26. The third-order valence-electron chi connectivity index (χ3n) is 5.84. The molecule has 0 bridgehead atoms. The minimum absolute atomic E-state index is 0.119. The number of rotatable bonds is 5. The van der Waals surface area contributed by atoms with Crippen molar-refractivity contribution < 1.29 is 14.7 Å². The molecule has 1 amide bonds. The van der Waals surface area contributed by atoms with Gasteiger partial charge >= 0.3 is 0 Å². The lowest BCUT2D eigenvalue weighted by molar-refractivity contribution is -0.139.